The Labute approximate surface area is 86.9 Å². The summed E-state index contributed by atoms with van der Waals surface area (Å²) in [4.78, 5) is 0. The lowest BCUT2D eigenvalue weighted by Gasteiger charge is -2.26. The molecule has 84 valence electrons. The van der Waals surface area contributed by atoms with Crippen LogP contribution in [0.1, 0.15) is 38.5 Å². The third kappa shape index (κ3) is 4.94. The Balaban J connectivity index is 1.91. The van der Waals surface area contributed by atoms with Crippen molar-refractivity contribution in [2.45, 2.75) is 50.7 Å². The van der Waals surface area contributed by atoms with E-state index in [1.165, 1.54) is 0 Å². The van der Waals surface area contributed by atoms with Crippen molar-refractivity contribution in [2.24, 2.45) is 5.73 Å². The minimum Gasteiger partial charge on any atom is -0.385 e. The number of hydrogen-bond acceptors (Lipinski definition) is 3. The molecule has 1 fully saturated rings. The van der Waals surface area contributed by atoms with Gasteiger partial charge < -0.3 is 15.2 Å². The largest absolute Gasteiger partial charge is 0.385 e. The molecule has 0 aliphatic heterocycles. The summed E-state index contributed by atoms with van der Waals surface area (Å²) in [5.41, 5.74) is 5.82. The fraction of sp³-hybridized carbons (Fsp3) is 1.00. The fourth-order valence-electron chi connectivity index (χ4n) is 1.85. The van der Waals surface area contributed by atoms with E-state index in [1.54, 1.807) is 7.11 Å². The molecule has 14 heavy (non-hydrogen) atoms. The van der Waals surface area contributed by atoms with Crippen molar-refractivity contribution < 1.29 is 9.47 Å². The minimum absolute atomic E-state index is 0.420. The molecule has 1 aliphatic rings. The fourth-order valence-corrected chi connectivity index (χ4v) is 1.85. The lowest BCUT2D eigenvalue weighted by molar-refractivity contribution is 0.0209. The highest BCUT2D eigenvalue weighted by Gasteiger charge is 2.18. The minimum atomic E-state index is 0.420. The van der Waals surface area contributed by atoms with Gasteiger partial charge in [0.2, 0.25) is 0 Å². The second-order valence-corrected chi connectivity index (χ2v) is 4.11. The third-order valence-electron chi connectivity index (χ3n) is 2.82. The first-order chi connectivity index (χ1) is 6.83. The van der Waals surface area contributed by atoms with Gasteiger partial charge in [-0.15, -0.1) is 0 Å². The van der Waals surface area contributed by atoms with Crippen LogP contribution in [0.15, 0.2) is 0 Å². The van der Waals surface area contributed by atoms with Crippen LogP contribution in [0, 0.1) is 0 Å². The van der Waals surface area contributed by atoms with Crippen LogP contribution >= 0.6 is 0 Å². The summed E-state index contributed by atoms with van der Waals surface area (Å²) in [6, 6.07) is 0.420. The van der Waals surface area contributed by atoms with Gasteiger partial charge in [-0.25, -0.2) is 0 Å². The Bertz CT molecular complexity index is 133. The van der Waals surface area contributed by atoms with Crippen molar-refractivity contribution in [3.05, 3.63) is 0 Å². The van der Waals surface area contributed by atoms with Gasteiger partial charge in [0, 0.05) is 26.4 Å². The van der Waals surface area contributed by atoms with Crippen molar-refractivity contribution in [3.63, 3.8) is 0 Å². The van der Waals surface area contributed by atoms with E-state index >= 15 is 0 Å². The summed E-state index contributed by atoms with van der Waals surface area (Å²) < 4.78 is 10.7. The van der Waals surface area contributed by atoms with Gasteiger partial charge in [0.05, 0.1) is 6.10 Å². The molecule has 1 aliphatic carbocycles. The molecule has 1 saturated carbocycles. The highest BCUT2D eigenvalue weighted by Crippen LogP contribution is 2.19. The second kappa shape index (κ2) is 7.21. The monoisotopic (exact) mass is 201 g/mol. The highest BCUT2D eigenvalue weighted by atomic mass is 16.5. The molecule has 3 heteroatoms. The standard InChI is InChI=1S/C11H23NO2/c1-13-8-2-3-9-14-11-6-4-10(12)5-7-11/h10-11H,2-9,12H2,1H3. The number of methoxy groups -OCH3 is 1. The molecule has 0 spiro atoms. The van der Waals surface area contributed by atoms with E-state index in [9.17, 15) is 0 Å². The van der Waals surface area contributed by atoms with Crippen LogP contribution in [0.5, 0.6) is 0 Å². The molecule has 0 heterocycles. The molecule has 0 unspecified atom stereocenters. The van der Waals surface area contributed by atoms with E-state index in [0.717, 1.165) is 51.7 Å². The molecule has 0 aromatic rings. The van der Waals surface area contributed by atoms with Crippen molar-refractivity contribution in [1.82, 2.24) is 0 Å². The number of rotatable bonds is 6. The lowest BCUT2D eigenvalue weighted by atomic mass is 9.94. The van der Waals surface area contributed by atoms with E-state index in [2.05, 4.69) is 0 Å². The van der Waals surface area contributed by atoms with Crippen LogP contribution in [-0.2, 0) is 9.47 Å². The summed E-state index contributed by atoms with van der Waals surface area (Å²) in [5.74, 6) is 0. The molecule has 0 saturated heterocycles. The molecule has 0 amide bonds. The quantitative estimate of drug-likeness (QED) is 0.665. The van der Waals surface area contributed by atoms with E-state index < -0.39 is 0 Å². The molecule has 1 rings (SSSR count). The smallest absolute Gasteiger partial charge is 0.0576 e. The number of nitrogens with two attached hydrogens (primary N) is 1. The van der Waals surface area contributed by atoms with Crippen LogP contribution in [0.3, 0.4) is 0 Å². The first-order valence-electron chi connectivity index (χ1n) is 5.69. The zero-order valence-corrected chi connectivity index (χ0v) is 9.21. The van der Waals surface area contributed by atoms with Gasteiger partial charge in [0.15, 0.2) is 0 Å². The van der Waals surface area contributed by atoms with Crippen molar-refractivity contribution >= 4 is 0 Å². The second-order valence-electron chi connectivity index (χ2n) is 4.11. The van der Waals surface area contributed by atoms with Crippen molar-refractivity contribution in [1.29, 1.82) is 0 Å². The molecule has 0 atom stereocenters. The molecule has 0 bridgehead atoms. The van der Waals surface area contributed by atoms with Gasteiger partial charge in [-0.05, 0) is 38.5 Å². The number of ether oxygens (including phenoxy) is 2. The highest BCUT2D eigenvalue weighted by molar-refractivity contribution is 4.74. The van der Waals surface area contributed by atoms with Gasteiger partial charge in [0.1, 0.15) is 0 Å². The van der Waals surface area contributed by atoms with Gasteiger partial charge in [-0.2, -0.15) is 0 Å². The van der Waals surface area contributed by atoms with E-state index in [0.29, 0.717) is 12.1 Å². The molecule has 0 radical (unpaired) electrons. The van der Waals surface area contributed by atoms with Gasteiger partial charge in [-0.1, -0.05) is 0 Å². The Kier molecular flexibility index (Phi) is 6.15. The lowest BCUT2D eigenvalue weighted by Crippen LogP contribution is -2.30. The van der Waals surface area contributed by atoms with Crippen molar-refractivity contribution in [2.75, 3.05) is 20.3 Å². The Hall–Kier alpha value is -0.120. The van der Waals surface area contributed by atoms with Crippen LogP contribution in [0.2, 0.25) is 0 Å². The Morgan fingerprint density at radius 1 is 1.07 bits per heavy atom. The predicted molar refractivity (Wildman–Crippen MR) is 57.3 cm³/mol. The molecule has 0 aromatic carbocycles. The van der Waals surface area contributed by atoms with Crippen LogP contribution in [0.25, 0.3) is 0 Å². The van der Waals surface area contributed by atoms with Crippen LogP contribution in [0.4, 0.5) is 0 Å². The summed E-state index contributed by atoms with van der Waals surface area (Å²) in [5, 5.41) is 0. The maximum absolute atomic E-state index is 5.82. The Morgan fingerprint density at radius 2 is 1.71 bits per heavy atom. The van der Waals surface area contributed by atoms with E-state index in [4.69, 9.17) is 15.2 Å². The summed E-state index contributed by atoms with van der Waals surface area (Å²) >= 11 is 0. The average Bonchev–Trinajstić information content (AvgIpc) is 2.21. The number of hydrogen-bond donors (Lipinski definition) is 1. The third-order valence-corrected chi connectivity index (χ3v) is 2.82. The molecular weight excluding hydrogens is 178 g/mol. The van der Waals surface area contributed by atoms with E-state index in [1.807, 2.05) is 0 Å². The summed E-state index contributed by atoms with van der Waals surface area (Å²) in [6.45, 7) is 1.72. The van der Waals surface area contributed by atoms with Gasteiger partial charge in [-0.3, -0.25) is 0 Å². The first kappa shape index (κ1) is 12.0. The zero-order valence-electron chi connectivity index (χ0n) is 9.21. The summed E-state index contributed by atoms with van der Waals surface area (Å²) in [7, 11) is 1.74. The van der Waals surface area contributed by atoms with Gasteiger partial charge in [0.25, 0.3) is 0 Å². The summed E-state index contributed by atoms with van der Waals surface area (Å²) in [6.07, 6.45) is 7.22. The van der Waals surface area contributed by atoms with Crippen LogP contribution in [-0.4, -0.2) is 32.5 Å². The molecular formula is C11H23NO2. The van der Waals surface area contributed by atoms with E-state index in [-0.39, 0.29) is 0 Å². The zero-order chi connectivity index (χ0) is 10.2. The first-order valence-corrected chi connectivity index (χ1v) is 5.69. The van der Waals surface area contributed by atoms with Crippen molar-refractivity contribution in [3.8, 4) is 0 Å². The normalized spacial score (nSPS) is 27.9. The van der Waals surface area contributed by atoms with Crippen LogP contribution < -0.4 is 5.73 Å². The number of unbranched alkanes of at least 4 members (excludes halogenated alkanes) is 1. The Morgan fingerprint density at radius 3 is 2.36 bits per heavy atom. The molecule has 3 nitrogen and oxygen atoms in total. The maximum atomic E-state index is 5.82. The predicted octanol–water partition coefficient (Wildman–Crippen LogP) is 1.70. The SMILES string of the molecule is COCCCCOC1CCC(N)CC1. The maximum Gasteiger partial charge on any atom is 0.0576 e. The average molecular weight is 201 g/mol. The molecule has 2 N–H and O–H groups in total. The topological polar surface area (TPSA) is 44.5 Å². The molecule has 0 aromatic heterocycles. The van der Waals surface area contributed by atoms with Gasteiger partial charge >= 0.3 is 0 Å².